The molecule has 1 amide bonds. The number of carbonyl (C=O) groups is 1. The maximum atomic E-state index is 12.5. The molecule has 5 heteroatoms. The third kappa shape index (κ3) is 2.50. The van der Waals surface area contributed by atoms with E-state index in [9.17, 15) is 4.79 Å². The molecule has 0 aliphatic carbocycles. The molecule has 5 nitrogen and oxygen atoms in total. The van der Waals surface area contributed by atoms with Gasteiger partial charge in [-0.2, -0.15) is 5.10 Å². The second kappa shape index (κ2) is 5.82. The average molecular weight is 322 g/mol. The average Bonchev–Trinajstić information content (AvgIpc) is 3.15. The Morgan fingerprint density at radius 1 is 1.33 bits per heavy atom. The van der Waals surface area contributed by atoms with Gasteiger partial charge in [-0.1, -0.05) is 6.07 Å². The highest BCUT2D eigenvalue weighted by Gasteiger charge is 2.19. The second-order valence-corrected chi connectivity index (χ2v) is 6.62. The Bertz CT molecular complexity index is 919. The molecular formula is C19H22N4O. The van der Waals surface area contributed by atoms with E-state index in [1.54, 1.807) is 6.20 Å². The number of fused-ring (bicyclic) bond motifs is 2. The number of benzene rings is 1. The van der Waals surface area contributed by atoms with E-state index < -0.39 is 0 Å². The summed E-state index contributed by atoms with van der Waals surface area (Å²) in [7, 11) is 0. The highest BCUT2D eigenvalue weighted by Crippen LogP contribution is 2.22. The molecular weight excluding hydrogens is 300 g/mol. The van der Waals surface area contributed by atoms with Crippen LogP contribution in [0.1, 0.15) is 45.7 Å². The third-order valence-corrected chi connectivity index (χ3v) is 5.05. The largest absolute Gasteiger partial charge is 0.358 e. The zero-order chi connectivity index (χ0) is 16.7. The van der Waals surface area contributed by atoms with Crippen LogP contribution in [0.25, 0.3) is 10.9 Å². The molecule has 0 unspecified atom stereocenters. The van der Waals surface area contributed by atoms with Crippen LogP contribution >= 0.6 is 0 Å². The smallest absolute Gasteiger partial charge is 0.255 e. The summed E-state index contributed by atoms with van der Waals surface area (Å²) in [6.07, 6.45) is 4.93. The molecule has 2 aromatic heterocycles. The van der Waals surface area contributed by atoms with Crippen LogP contribution in [0.5, 0.6) is 0 Å². The van der Waals surface area contributed by atoms with Gasteiger partial charge in [0.25, 0.3) is 5.91 Å². The summed E-state index contributed by atoms with van der Waals surface area (Å²) in [5.74, 6) is -0.0276. The maximum absolute atomic E-state index is 12.5. The number of aromatic amines is 1. The maximum Gasteiger partial charge on any atom is 0.255 e. The highest BCUT2D eigenvalue weighted by molar-refractivity contribution is 5.95. The lowest BCUT2D eigenvalue weighted by Gasteiger charge is -2.14. The molecule has 0 fully saturated rings. The SMILES string of the molecule is Cc1[nH]c2ccc(CNC(=O)c3cnn4c3CCCC4)cc2c1C. The quantitative estimate of drug-likeness (QED) is 0.777. The molecule has 3 heterocycles. The first-order valence-electron chi connectivity index (χ1n) is 8.54. The van der Waals surface area contributed by atoms with E-state index in [1.165, 1.54) is 16.6 Å². The summed E-state index contributed by atoms with van der Waals surface area (Å²) < 4.78 is 1.97. The standard InChI is InChI=1S/C19H22N4O/c1-12-13(2)22-17-7-6-14(9-15(12)17)10-20-19(24)16-11-21-23-8-4-3-5-18(16)23/h6-7,9,11,22H,3-5,8,10H2,1-2H3,(H,20,24). The first-order chi connectivity index (χ1) is 11.6. The van der Waals surface area contributed by atoms with E-state index in [4.69, 9.17) is 0 Å². The van der Waals surface area contributed by atoms with Crippen molar-refractivity contribution in [3.8, 4) is 0 Å². The minimum atomic E-state index is -0.0276. The van der Waals surface area contributed by atoms with Gasteiger partial charge in [0.15, 0.2) is 0 Å². The molecule has 1 aliphatic rings. The first-order valence-corrected chi connectivity index (χ1v) is 8.54. The van der Waals surface area contributed by atoms with Gasteiger partial charge in [-0.15, -0.1) is 0 Å². The van der Waals surface area contributed by atoms with Gasteiger partial charge >= 0.3 is 0 Å². The van der Waals surface area contributed by atoms with Gasteiger partial charge in [-0.25, -0.2) is 0 Å². The fraction of sp³-hybridized carbons (Fsp3) is 0.368. The fourth-order valence-electron chi connectivity index (χ4n) is 3.51. The van der Waals surface area contributed by atoms with Crippen molar-refractivity contribution in [1.29, 1.82) is 0 Å². The molecule has 0 spiro atoms. The molecule has 0 bridgehead atoms. The topological polar surface area (TPSA) is 62.7 Å². The monoisotopic (exact) mass is 322 g/mol. The lowest BCUT2D eigenvalue weighted by molar-refractivity contribution is 0.0949. The number of H-pyrrole nitrogens is 1. The molecule has 124 valence electrons. The number of hydrogen-bond acceptors (Lipinski definition) is 2. The lowest BCUT2D eigenvalue weighted by Crippen LogP contribution is -2.24. The lowest BCUT2D eigenvalue weighted by atomic mass is 10.1. The van der Waals surface area contributed by atoms with E-state index in [2.05, 4.69) is 47.4 Å². The summed E-state index contributed by atoms with van der Waals surface area (Å²) in [5.41, 5.74) is 6.52. The molecule has 0 atom stereocenters. The zero-order valence-corrected chi connectivity index (χ0v) is 14.1. The van der Waals surface area contributed by atoms with Crippen LogP contribution in [0.2, 0.25) is 0 Å². The molecule has 0 saturated heterocycles. The van der Waals surface area contributed by atoms with Gasteiger partial charge in [0, 0.05) is 29.7 Å². The van der Waals surface area contributed by atoms with Crippen molar-refractivity contribution in [2.24, 2.45) is 0 Å². The predicted molar refractivity (Wildman–Crippen MR) is 94.1 cm³/mol. The predicted octanol–water partition coefficient (Wildman–Crippen LogP) is 3.25. The van der Waals surface area contributed by atoms with Crippen molar-refractivity contribution < 1.29 is 4.79 Å². The minimum Gasteiger partial charge on any atom is -0.358 e. The molecule has 24 heavy (non-hydrogen) atoms. The van der Waals surface area contributed by atoms with Crippen molar-refractivity contribution in [2.45, 2.75) is 46.2 Å². The molecule has 0 radical (unpaired) electrons. The number of amides is 1. The number of carbonyl (C=O) groups excluding carboxylic acids is 1. The summed E-state index contributed by atoms with van der Waals surface area (Å²) in [4.78, 5) is 15.9. The van der Waals surface area contributed by atoms with Crippen LogP contribution in [0.4, 0.5) is 0 Å². The van der Waals surface area contributed by atoms with E-state index in [0.29, 0.717) is 6.54 Å². The second-order valence-electron chi connectivity index (χ2n) is 6.62. The zero-order valence-electron chi connectivity index (χ0n) is 14.1. The van der Waals surface area contributed by atoms with Crippen LogP contribution in [0, 0.1) is 13.8 Å². The Labute approximate surface area is 141 Å². The van der Waals surface area contributed by atoms with E-state index >= 15 is 0 Å². The number of aromatic nitrogens is 3. The fourth-order valence-corrected chi connectivity index (χ4v) is 3.51. The van der Waals surface area contributed by atoms with Gasteiger partial charge < -0.3 is 10.3 Å². The van der Waals surface area contributed by atoms with Gasteiger partial charge in [0.05, 0.1) is 17.5 Å². The van der Waals surface area contributed by atoms with E-state index in [1.807, 2.05) is 4.68 Å². The number of nitrogens with zero attached hydrogens (tertiary/aromatic N) is 2. The summed E-state index contributed by atoms with van der Waals surface area (Å²) in [5, 5.41) is 8.60. The summed E-state index contributed by atoms with van der Waals surface area (Å²) >= 11 is 0. The van der Waals surface area contributed by atoms with E-state index in [-0.39, 0.29) is 5.91 Å². The summed E-state index contributed by atoms with van der Waals surface area (Å²) in [6.45, 7) is 5.66. The minimum absolute atomic E-state index is 0.0276. The third-order valence-electron chi connectivity index (χ3n) is 5.05. The first kappa shape index (κ1) is 15.0. The molecule has 1 aliphatic heterocycles. The van der Waals surface area contributed by atoms with Crippen LogP contribution in [-0.4, -0.2) is 20.7 Å². The van der Waals surface area contributed by atoms with Crippen molar-refractivity contribution in [3.63, 3.8) is 0 Å². The Balaban J connectivity index is 1.51. The highest BCUT2D eigenvalue weighted by atomic mass is 16.1. The van der Waals surface area contributed by atoms with E-state index in [0.717, 1.165) is 48.1 Å². The molecule has 4 rings (SSSR count). The van der Waals surface area contributed by atoms with Crippen LogP contribution < -0.4 is 5.32 Å². The van der Waals surface area contributed by atoms with Gasteiger partial charge in [0.2, 0.25) is 0 Å². The van der Waals surface area contributed by atoms with Gasteiger partial charge in [-0.05, 0) is 56.4 Å². The van der Waals surface area contributed by atoms with Crippen molar-refractivity contribution >= 4 is 16.8 Å². The number of hydrogen-bond donors (Lipinski definition) is 2. The number of nitrogens with one attached hydrogen (secondary N) is 2. The molecule has 0 saturated carbocycles. The number of aryl methyl sites for hydroxylation is 3. The van der Waals surface area contributed by atoms with Crippen molar-refractivity contribution in [2.75, 3.05) is 0 Å². The Kier molecular flexibility index (Phi) is 3.63. The van der Waals surface area contributed by atoms with Crippen molar-refractivity contribution in [3.05, 3.63) is 52.5 Å². The Hall–Kier alpha value is -2.56. The van der Waals surface area contributed by atoms with Gasteiger partial charge in [-0.3, -0.25) is 9.48 Å². The Morgan fingerprint density at radius 3 is 3.08 bits per heavy atom. The number of rotatable bonds is 3. The Morgan fingerprint density at radius 2 is 2.21 bits per heavy atom. The van der Waals surface area contributed by atoms with Gasteiger partial charge in [0.1, 0.15) is 0 Å². The van der Waals surface area contributed by atoms with Crippen molar-refractivity contribution in [1.82, 2.24) is 20.1 Å². The summed E-state index contributed by atoms with van der Waals surface area (Å²) in [6, 6.07) is 6.30. The van der Waals surface area contributed by atoms with Crippen LogP contribution in [0.15, 0.2) is 24.4 Å². The molecule has 3 aromatic rings. The normalized spacial score (nSPS) is 13.9. The van der Waals surface area contributed by atoms with Crippen LogP contribution in [0.3, 0.4) is 0 Å². The molecule has 1 aromatic carbocycles. The van der Waals surface area contributed by atoms with Crippen LogP contribution in [-0.2, 0) is 19.5 Å². The molecule has 2 N–H and O–H groups in total.